The number of amidine groups is 1. The van der Waals surface area contributed by atoms with Gasteiger partial charge in [0.2, 0.25) is 0 Å². The van der Waals surface area contributed by atoms with E-state index in [9.17, 15) is 0 Å². The zero-order chi connectivity index (χ0) is 18.3. The van der Waals surface area contributed by atoms with Gasteiger partial charge in [0.05, 0.1) is 5.71 Å². The molecule has 0 saturated heterocycles. The van der Waals surface area contributed by atoms with Gasteiger partial charge in [0, 0.05) is 16.1 Å². The number of imidazole rings is 1. The Labute approximate surface area is 155 Å². The van der Waals surface area contributed by atoms with Crippen LogP contribution in [0.2, 0.25) is 5.02 Å². The number of nitrogen functional groups attached to an aromatic ring is 2. The summed E-state index contributed by atoms with van der Waals surface area (Å²) in [5, 5.41) is 8.41. The zero-order valence-corrected chi connectivity index (χ0v) is 14.6. The van der Waals surface area contributed by atoms with Gasteiger partial charge in [0.1, 0.15) is 11.5 Å². The molecule has 0 fully saturated rings. The van der Waals surface area contributed by atoms with Crippen molar-refractivity contribution >= 4 is 34.9 Å². The summed E-state index contributed by atoms with van der Waals surface area (Å²) in [6.07, 6.45) is 1.59. The Balaban J connectivity index is 1.79. The first-order chi connectivity index (χ1) is 12.5. The normalized spacial score (nSPS) is 14.6. The fourth-order valence-electron chi connectivity index (χ4n) is 3.28. The van der Waals surface area contributed by atoms with E-state index in [0.717, 1.165) is 40.8 Å². The first-order valence-corrected chi connectivity index (χ1v) is 8.56. The molecule has 130 valence electrons. The molecule has 0 aliphatic heterocycles. The van der Waals surface area contributed by atoms with Gasteiger partial charge in [0.15, 0.2) is 11.8 Å². The van der Waals surface area contributed by atoms with E-state index in [4.69, 9.17) is 33.5 Å². The average Bonchev–Trinajstić information content (AvgIpc) is 3.19. The van der Waals surface area contributed by atoms with Crippen LogP contribution in [0.15, 0.2) is 47.5 Å². The lowest BCUT2D eigenvalue weighted by Gasteiger charge is -2.06. The molecular formula is C19H17ClN6. The van der Waals surface area contributed by atoms with E-state index < -0.39 is 0 Å². The Morgan fingerprint density at radius 1 is 1.15 bits per heavy atom. The van der Waals surface area contributed by atoms with Crippen LogP contribution in [0.4, 0.5) is 11.8 Å². The van der Waals surface area contributed by atoms with Gasteiger partial charge in [-0.2, -0.15) is 0 Å². The predicted octanol–water partition coefficient (Wildman–Crippen LogP) is 3.66. The topological polar surface area (TPSA) is 117 Å². The second-order valence-electron chi connectivity index (χ2n) is 6.13. The monoisotopic (exact) mass is 364 g/mol. The lowest BCUT2D eigenvalue weighted by molar-refractivity contribution is 1.08. The number of halogens is 1. The molecule has 1 aliphatic carbocycles. The van der Waals surface area contributed by atoms with E-state index in [0.29, 0.717) is 22.5 Å². The maximum Gasteiger partial charge on any atom is 0.199 e. The molecule has 26 heavy (non-hydrogen) atoms. The maximum atomic E-state index is 7.75. The first-order valence-electron chi connectivity index (χ1n) is 8.18. The Bertz CT molecular complexity index is 1030. The van der Waals surface area contributed by atoms with Crippen molar-refractivity contribution in [2.45, 2.75) is 12.8 Å². The highest BCUT2D eigenvalue weighted by atomic mass is 35.5. The highest BCUT2D eigenvalue weighted by Crippen LogP contribution is 2.33. The minimum atomic E-state index is 0.0794. The second-order valence-corrected chi connectivity index (χ2v) is 6.57. The van der Waals surface area contributed by atoms with E-state index in [2.05, 4.69) is 9.97 Å². The molecule has 1 aromatic heterocycles. The van der Waals surface area contributed by atoms with E-state index >= 15 is 0 Å². The molecule has 0 spiro atoms. The number of fused-ring (bicyclic) bond motifs is 1. The van der Waals surface area contributed by atoms with Crippen molar-refractivity contribution < 1.29 is 0 Å². The summed E-state index contributed by atoms with van der Waals surface area (Å²) in [5.74, 6) is 1.00. The number of anilines is 1. The van der Waals surface area contributed by atoms with Gasteiger partial charge in [0.25, 0.3) is 0 Å². The van der Waals surface area contributed by atoms with Crippen LogP contribution >= 0.6 is 11.6 Å². The summed E-state index contributed by atoms with van der Waals surface area (Å²) in [5.41, 5.74) is 16.9. The number of aromatic amines is 1. The molecule has 6 nitrogen and oxygen atoms in total. The molecule has 0 amide bonds. The Morgan fingerprint density at radius 2 is 1.92 bits per heavy atom. The predicted molar refractivity (Wildman–Crippen MR) is 105 cm³/mol. The molecule has 3 aromatic rings. The summed E-state index contributed by atoms with van der Waals surface area (Å²) >= 11 is 5.97. The Kier molecular flexibility index (Phi) is 3.97. The second kappa shape index (κ2) is 6.31. The molecule has 4 rings (SSSR count). The lowest BCUT2D eigenvalue weighted by atomic mass is 10.0. The SMILES string of the molecule is N=C(N)c1cccc2c1CCC2=Nc1[nH]c(N)nc1-c1ccc(Cl)cc1. The first kappa shape index (κ1) is 16.4. The van der Waals surface area contributed by atoms with Crippen LogP contribution < -0.4 is 11.5 Å². The number of hydrogen-bond donors (Lipinski definition) is 4. The van der Waals surface area contributed by atoms with Crippen molar-refractivity contribution in [3.05, 3.63) is 64.2 Å². The fourth-order valence-corrected chi connectivity index (χ4v) is 3.41. The molecule has 2 aromatic carbocycles. The molecule has 1 heterocycles. The third kappa shape index (κ3) is 2.84. The highest BCUT2D eigenvalue weighted by molar-refractivity contribution is 6.30. The number of nitrogens with one attached hydrogen (secondary N) is 2. The smallest absolute Gasteiger partial charge is 0.199 e. The number of hydrogen-bond acceptors (Lipinski definition) is 4. The molecule has 0 unspecified atom stereocenters. The number of H-pyrrole nitrogens is 1. The average molecular weight is 365 g/mol. The Hall–Kier alpha value is -3.12. The van der Waals surface area contributed by atoms with Crippen LogP contribution in [0.3, 0.4) is 0 Å². The van der Waals surface area contributed by atoms with Gasteiger partial charge >= 0.3 is 0 Å². The third-order valence-corrected chi connectivity index (χ3v) is 4.71. The van der Waals surface area contributed by atoms with Crippen molar-refractivity contribution in [2.24, 2.45) is 10.7 Å². The van der Waals surface area contributed by atoms with Crippen LogP contribution in [-0.4, -0.2) is 21.5 Å². The van der Waals surface area contributed by atoms with E-state index in [-0.39, 0.29) is 5.84 Å². The van der Waals surface area contributed by atoms with Crippen LogP contribution in [0.1, 0.15) is 23.1 Å². The summed E-state index contributed by atoms with van der Waals surface area (Å²) in [6, 6.07) is 13.2. The van der Waals surface area contributed by atoms with E-state index in [1.165, 1.54) is 0 Å². The minimum absolute atomic E-state index is 0.0794. The van der Waals surface area contributed by atoms with Crippen LogP contribution in [0, 0.1) is 5.41 Å². The van der Waals surface area contributed by atoms with Gasteiger partial charge in [-0.1, -0.05) is 41.9 Å². The summed E-state index contributed by atoms with van der Waals surface area (Å²) in [7, 11) is 0. The maximum absolute atomic E-state index is 7.75. The largest absolute Gasteiger partial charge is 0.384 e. The van der Waals surface area contributed by atoms with Gasteiger partial charge in [-0.25, -0.2) is 9.98 Å². The van der Waals surface area contributed by atoms with Crippen LogP contribution in [0.25, 0.3) is 11.3 Å². The summed E-state index contributed by atoms with van der Waals surface area (Å²) in [6.45, 7) is 0. The molecule has 7 heteroatoms. The standard InChI is InChI=1S/C19H17ClN6/c20-11-6-4-10(5-7-11)16-18(26-19(23)25-16)24-15-9-8-12-13(15)2-1-3-14(12)17(21)22/h1-7H,8-9H2,(H3,21,22)(H3,23,25,26). The van der Waals surface area contributed by atoms with Crippen molar-refractivity contribution in [3.8, 4) is 11.3 Å². The van der Waals surface area contributed by atoms with Gasteiger partial charge in [-0.05, 0) is 36.1 Å². The van der Waals surface area contributed by atoms with Gasteiger partial charge in [-0.15, -0.1) is 0 Å². The highest BCUT2D eigenvalue weighted by Gasteiger charge is 2.22. The summed E-state index contributed by atoms with van der Waals surface area (Å²) in [4.78, 5) is 12.2. The number of aromatic nitrogens is 2. The quantitative estimate of drug-likeness (QED) is 0.419. The van der Waals surface area contributed by atoms with Crippen LogP contribution in [0.5, 0.6) is 0 Å². The van der Waals surface area contributed by atoms with Crippen molar-refractivity contribution in [2.75, 3.05) is 5.73 Å². The molecular weight excluding hydrogens is 348 g/mol. The number of aliphatic imine (C=N–C) groups is 1. The molecule has 0 saturated carbocycles. The number of rotatable bonds is 3. The molecule has 1 aliphatic rings. The molecule has 0 bridgehead atoms. The zero-order valence-electron chi connectivity index (χ0n) is 13.9. The molecule has 6 N–H and O–H groups in total. The van der Waals surface area contributed by atoms with Crippen molar-refractivity contribution in [1.82, 2.24) is 9.97 Å². The fraction of sp³-hybridized carbons (Fsp3) is 0.105. The summed E-state index contributed by atoms with van der Waals surface area (Å²) < 4.78 is 0. The van der Waals surface area contributed by atoms with Gasteiger partial charge < -0.3 is 16.5 Å². The molecule has 0 atom stereocenters. The van der Waals surface area contributed by atoms with Gasteiger partial charge in [-0.3, -0.25) is 5.41 Å². The van der Waals surface area contributed by atoms with E-state index in [1.54, 1.807) is 0 Å². The number of nitrogens with two attached hydrogens (primary N) is 2. The van der Waals surface area contributed by atoms with Crippen LogP contribution in [-0.2, 0) is 6.42 Å². The van der Waals surface area contributed by atoms with Crippen molar-refractivity contribution in [1.29, 1.82) is 5.41 Å². The number of benzene rings is 2. The Morgan fingerprint density at radius 3 is 2.65 bits per heavy atom. The minimum Gasteiger partial charge on any atom is -0.384 e. The van der Waals surface area contributed by atoms with Crippen molar-refractivity contribution in [3.63, 3.8) is 0 Å². The van der Waals surface area contributed by atoms with E-state index in [1.807, 2.05) is 42.5 Å². The lowest BCUT2D eigenvalue weighted by Crippen LogP contribution is -2.13. The number of nitrogens with zero attached hydrogens (tertiary/aromatic N) is 2. The molecule has 0 radical (unpaired) electrons. The third-order valence-electron chi connectivity index (χ3n) is 4.46.